The molecule has 14 heteroatoms. The molecule has 2 aromatic carbocycles. The fourth-order valence-corrected chi connectivity index (χ4v) is 4.94. The molecule has 1 heterocycles. The normalized spacial score (nSPS) is 13.9. The van der Waals surface area contributed by atoms with Gasteiger partial charge in [-0.2, -0.15) is 0 Å². The number of alkyl carbamates (subject to hydrolysis) is 2. The van der Waals surface area contributed by atoms with Crippen LogP contribution in [0, 0.1) is 0 Å². The molecule has 1 aliphatic rings. The van der Waals surface area contributed by atoms with Gasteiger partial charge in [0.25, 0.3) is 0 Å². The third-order valence-corrected chi connectivity index (χ3v) is 7.56. The molecule has 6 N–H and O–H groups in total. The zero-order valence-electron chi connectivity index (χ0n) is 26.7. The molecule has 0 spiro atoms. The number of benzene rings is 2. The van der Waals surface area contributed by atoms with Crippen molar-refractivity contribution in [3.8, 4) is 0 Å². The number of rotatable bonds is 20. The number of carbonyl (C=O) groups is 4. The van der Waals surface area contributed by atoms with Gasteiger partial charge >= 0.3 is 24.1 Å². The minimum absolute atomic E-state index is 0.0207. The number of nitrogens with zero attached hydrogens (tertiary/aromatic N) is 2. The minimum atomic E-state index is -1.17. The monoisotopic (exact) mass is 668 g/mol. The molecule has 0 unspecified atom stereocenters. The second-order valence-electron chi connectivity index (χ2n) is 11.1. The molecular formula is C34H44N4O10. The molecule has 0 saturated heterocycles. The second kappa shape index (κ2) is 20.2. The number of ether oxygens (including phenoxy) is 2. The lowest BCUT2D eigenvalue weighted by Gasteiger charge is -2.34. The number of carbonyl (C=O) groups excluding carboxylic acids is 2. The average molecular weight is 669 g/mol. The molecule has 0 aliphatic carbocycles. The Bertz CT molecular complexity index is 1280. The highest BCUT2D eigenvalue weighted by atomic mass is 16.6. The summed E-state index contributed by atoms with van der Waals surface area (Å²) in [4.78, 5) is 51.2. The summed E-state index contributed by atoms with van der Waals surface area (Å²) in [6.45, 7) is 0.337. The van der Waals surface area contributed by atoms with Gasteiger partial charge in [-0.15, -0.1) is 0 Å². The SMILES string of the molecule is O=C(N[C@@H](CCCCN1C=C(CO)N(CCCC[C@H](NC(=O)OCc2ccccc2)C(=O)O)C=C1CO)C(=O)O)OCc1ccccc1. The van der Waals surface area contributed by atoms with E-state index in [0.29, 0.717) is 50.2 Å². The summed E-state index contributed by atoms with van der Waals surface area (Å²) in [5.41, 5.74) is 2.69. The van der Waals surface area contributed by atoms with Crippen LogP contribution in [-0.4, -0.2) is 92.7 Å². The molecule has 48 heavy (non-hydrogen) atoms. The zero-order chi connectivity index (χ0) is 34.7. The molecule has 0 aromatic heterocycles. The molecule has 260 valence electrons. The largest absolute Gasteiger partial charge is 0.480 e. The molecule has 3 rings (SSSR count). The highest BCUT2D eigenvalue weighted by Gasteiger charge is 2.23. The maximum Gasteiger partial charge on any atom is 0.408 e. The van der Waals surface area contributed by atoms with Gasteiger partial charge in [0.05, 0.1) is 24.6 Å². The Labute approximate surface area is 279 Å². The first-order valence-electron chi connectivity index (χ1n) is 15.8. The van der Waals surface area contributed by atoms with Crippen LogP contribution in [0.1, 0.15) is 49.7 Å². The van der Waals surface area contributed by atoms with Crippen LogP contribution in [-0.2, 0) is 32.3 Å². The second-order valence-corrected chi connectivity index (χ2v) is 11.1. The van der Waals surface area contributed by atoms with Crippen molar-refractivity contribution in [1.82, 2.24) is 20.4 Å². The summed E-state index contributed by atoms with van der Waals surface area (Å²) in [5.74, 6) is -2.35. The van der Waals surface area contributed by atoms with Gasteiger partial charge in [0.1, 0.15) is 25.3 Å². The van der Waals surface area contributed by atoms with Crippen molar-refractivity contribution < 1.29 is 49.1 Å². The first kappa shape index (κ1) is 37.4. The highest BCUT2D eigenvalue weighted by Crippen LogP contribution is 2.21. The zero-order valence-corrected chi connectivity index (χ0v) is 26.7. The number of carboxylic acids is 2. The van der Waals surface area contributed by atoms with Crippen LogP contribution in [0.2, 0.25) is 0 Å². The first-order valence-corrected chi connectivity index (χ1v) is 15.8. The van der Waals surface area contributed by atoms with E-state index >= 15 is 0 Å². The van der Waals surface area contributed by atoms with Gasteiger partial charge in [0.15, 0.2) is 0 Å². The fraction of sp³-hybridized carbons (Fsp3) is 0.412. The molecule has 1 aliphatic heterocycles. The van der Waals surface area contributed by atoms with Crippen molar-refractivity contribution in [3.05, 3.63) is 95.6 Å². The van der Waals surface area contributed by atoms with Crippen LogP contribution in [0.5, 0.6) is 0 Å². The molecule has 2 aromatic rings. The van der Waals surface area contributed by atoms with E-state index in [1.807, 2.05) is 36.4 Å². The third-order valence-electron chi connectivity index (χ3n) is 7.56. The Balaban J connectivity index is 1.41. The van der Waals surface area contributed by atoms with E-state index < -0.39 is 36.2 Å². The summed E-state index contributed by atoms with van der Waals surface area (Å²) in [7, 11) is 0. The Morgan fingerprint density at radius 3 is 1.31 bits per heavy atom. The van der Waals surface area contributed by atoms with Gasteiger partial charge in [-0.05, 0) is 49.7 Å². The summed E-state index contributed by atoms with van der Waals surface area (Å²) in [6, 6.07) is 15.8. The lowest BCUT2D eigenvalue weighted by Crippen LogP contribution is -2.41. The number of aliphatic hydroxyl groups excluding tert-OH is 2. The molecule has 2 atom stereocenters. The summed E-state index contributed by atoms with van der Waals surface area (Å²) in [6.07, 6.45) is 4.10. The van der Waals surface area contributed by atoms with Crippen LogP contribution >= 0.6 is 0 Å². The van der Waals surface area contributed by atoms with E-state index in [-0.39, 0.29) is 39.3 Å². The molecular weight excluding hydrogens is 624 g/mol. The summed E-state index contributed by atoms with van der Waals surface area (Å²) >= 11 is 0. The van der Waals surface area contributed by atoms with Crippen molar-refractivity contribution in [2.45, 2.75) is 63.8 Å². The van der Waals surface area contributed by atoms with Crippen molar-refractivity contribution in [2.24, 2.45) is 0 Å². The Kier molecular flexibility index (Phi) is 15.7. The van der Waals surface area contributed by atoms with Crippen molar-refractivity contribution in [3.63, 3.8) is 0 Å². The maximum atomic E-state index is 12.1. The summed E-state index contributed by atoms with van der Waals surface area (Å²) < 4.78 is 10.3. The van der Waals surface area contributed by atoms with Gasteiger partial charge in [0.2, 0.25) is 0 Å². The van der Waals surface area contributed by atoms with E-state index in [0.717, 1.165) is 11.1 Å². The number of nitrogens with one attached hydrogen (secondary N) is 2. The topological polar surface area (TPSA) is 198 Å². The quantitative estimate of drug-likeness (QED) is 0.113. The van der Waals surface area contributed by atoms with Gasteiger partial charge in [-0.25, -0.2) is 19.2 Å². The van der Waals surface area contributed by atoms with Gasteiger partial charge in [-0.1, -0.05) is 60.7 Å². The number of aliphatic hydroxyl groups is 2. The smallest absolute Gasteiger partial charge is 0.408 e. The fourth-order valence-electron chi connectivity index (χ4n) is 4.94. The van der Waals surface area contributed by atoms with Crippen molar-refractivity contribution >= 4 is 24.1 Å². The minimum Gasteiger partial charge on any atom is -0.480 e. The number of hydrogen-bond acceptors (Lipinski definition) is 10. The van der Waals surface area contributed by atoms with Crippen LogP contribution in [0.15, 0.2) is 84.5 Å². The van der Waals surface area contributed by atoms with E-state index in [1.54, 1.807) is 46.5 Å². The predicted molar refractivity (Wildman–Crippen MR) is 174 cm³/mol. The molecule has 2 amide bonds. The van der Waals surface area contributed by atoms with Gasteiger partial charge < -0.3 is 50.3 Å². The third kappa shape index (κ3) is 13.0. The van der Waals surface area contributed by atoms with Crippen LogP contribution in [0.3, 0.4) is 0 Å². The Hall–Kier alpha value is -5.08. The molecule has 0 saturated carbocycles. The van der Waals surface area contributed by atoms with Crippen LogP contribution in [0.4, 0.5) is 9.59 Å². The summed E-state index contributed by atoms with van der Waals surface area (Å²) in [5, 5.41) is 43.9. The van der Waals surface area contributed by atoms with Crippen LogP contribution < -0.4 is 10.6 Å². The molecule has 0 fully saturated rings. The highest BCUT2D eigenvalue weighted by molar-refractivity contribution is 5.80. The molecule has 0 radical (unpaired) electrons. The average Bonchev–Trinajstić information content (AvgIpc) is 3.09. The standard InChI is InChI=1S/C34H44N4O10/c39-21-27-20-38(18-10-8-16-30(32(43)44)36-34(46)48-24-26-13-5-2-6-14-26)28(22-40)19-37(27)17-9-7-15-29(31(41)42)35-33(45)47-23-25-11-3-1-4-12-25/h1-6,11-14,19-20,29-30,39-40H,7-10,15-18,21-24H2,(H,35,45)(H,36,46)(H,41,42)(H,43,44)/t29-,30-/m0/s1. The van der Waals surface area contributed by atoms with Crippen molar-refractivity contribution in [1.29, 1.82) is 0 Å². The Morgan fingerprint density at radius 2 is 0.979 bits per heavy atom. The molecule has 0 bridgehead atoms. The lowest BCUT2D eigenvalue weighted by molar-refractivity contribution is -0.140. The maximum absolute atomic E-state index is 12.1. The number of carboxylic acid groups (broad SMARTS) is 2. The van der Waals surface area contributed by atoms with E-state index in [1.165, 1.54) is 0 Å². The predicted octanol–water partition coefficient (Wildman–Crippen LogP) is 3.37. The van der Waals surface area contributed by atoms with E-state index in [2.05, 4.69) is 10.6 Å². The number of unbranched alkanes of at least 4 members (excludes halogenated alkanes) is 2. The van der Waals surface area contributed by atoms with E-state index in [4.69, 9.17) is 9.47 Å². The number of hydrogen-bond donors (Lipinski definition) is 6. The number of aliphatic carboxylic acids is 2. The Morgan fingerprint density at radius 1 is 0.604 bits per heavy atom. The van der Waals surface area contributed by atoms with Gasteiger partial charge in [0, 0.05) is 25.5 Å². The molecule has 14 nitrogen and oxygen atoms in total. The number of amides is 2. The lowest BCUT2D eigenvalue weighted by atomic mass is 10.1. The van der Waals surface area contributed by atoms with E-state index in [9.17, 15) is 39.6 Å². The van der Waals surface area contributed by atoms with Crippen molar-refractivity contribution in [2.75, 3.05) is 26.3 Å². The van der Waals surface area contributed by atoms with Crippen LogP contribution in [0.25, 0.3) is 0 Å². The first-order chi connectivity index (χ1) is 23.2. The van der Waals surface area contributed by atoms with Gasteiger partial charge in [-0.3, -0.25) is 0 Å².